The molecule has 0 unspecified atom stereocenters. The van der Waals surface area contributed by atoms with Crippen LogP contribution in [0.4, 0.5) is 0 Å². The van der Waals surface area contributed by atoms with Gasteiger partial charge in [0.2, 0.25) is 0 Å². The maximum absolute atomic E-state index is 6.28. The molecule has 15 heteroatoms. The molecule has 8 heterocycles. The van der Waals surface area contributed by atoms with Crippen molar-refractivity contribution < 1.29 is 9.31 Å². The van der Waals surface area contributed by atoms with Gasteiger partial charge in [-0.3, -0.25) is 29.1 Å². The van der Waals surface area contributed by atoms with E-state index in [0.29, 0.717) is 10.0 Å². The van der Waals surface area contributed by atoms with Crippen LogP contribution in [-0.2, 0) is 9.31 Å². The van der Waals surface area contributed by atoms with E-state index in [1.807, 2.05) is 134 Å². The lowest BCUT2D eigenvalue weighted by Gasteiger charge is -2.32. The van der Waals surface area contributed by atoms with Gasteiger partial charge in [0.15, 0.2) is 0 Å². The summed E-state index contributed by atoms with van der Waals surface area (Å²) in [5.41, 5.74) is 17.9. The van der Waals surface area contributed by atoms with E-state index in [1.165, 1.54) is 0 Å². The van der Waals surface area contributed by atoms with E-state index in [4.69, 9.17) is 57.4 Å². The molecule has 0 aliphatic carbocycles. The van der Waals surface area contributed by atoms with Gasteiger partial charge in [0.25, 0.3) is 0 Å². The molecule has 0 amide bonds. The monoisotopic (exact) mass is 1280 g/mol. The molecule has 0 radical (unpaired) electrons. The lowest BCUT2D eigenvalue weighted by atomic mass is 9.90. The van der Waals surface area contributed by atoms with Crippen molar-refractivity contribution in [2.24, 2.45) is 0 Å². The van der Waals surface area contributed by atoms with Gasteiger partial charge in [-0.05, 0) is 149 Å². The van der Waals surface area contributed by atoms with Crippen molar-refractivity contribution in [3.05, 3.63) is 296 Å². The minimum absolute atomic E-state index is 0.392. The average molecular weight is 1290 g/mol. The number of aromatic nitrogens is 10. The zero-order chi connectivity index (χ0) is 65.1. The van der Waals surface area contributed by atoms with Crippen LogP contribution in [0.15, 0.2) is 286 Å². The fourth-order valence-electron chi connectivity index (χ4n) is 12.9. The Hall–Kier alpha value is -11.2. The minimum atomic E-state index is -0.502. The van der Waals surface area contributed by atoms with Gasteiger partial charge < -0.3 is 13.8 Å². The van der Waals surface area contributed by atoms with Crippen LogP contribution in [0.1, 0.15) is 27.7 Å². The summed E-state index contributed by atoms with van der Waals surface area (Å²) in [5.74, 6) is 2.64. The van der Waals surface area contributed by atoms with Crippen molar-refractivity contribution >= 4 is 107 Å². The zero-order valence-corrected chi connectivity index (χ0v) is 54.3. The van der Waals surface area contributed by atoms with E-state index < -0.39 is 18.5 Å². The molecule has 0 atom stereocenters. The molecule has 17 aromatic rings. The summed E-state index contributed by atoms with van der Waals surface area (Å²) in [5, 5.41) is 5.31. The second-order valence-corrected chi connectivity index (χ2v) is 25.3. The van der Waals surface area contributed by atoms with E-state index in [2.05, 4.69) is 191 Å². The third-order valence-electron chi connectivity index (χ3n) is 18.3. The lowest BCUT2D eigenvalue weighted by Crippen LogP contribution is -2.41. The first-order chi connectivity index (χ1) is 47.0. The summed E-state index contributed by atoms with van der Waals surface area (Å²) in [7, 11) is -0.502. The van der Waals surface area contributed by atoms with Gasteiger partial charge in [-0.25, -0.2) is 15.0 Å². The third kappa shape index (κ3) is 10.6. The number of imidazole rings is 3. The number of benzene rings is 10. The Balaban J connectivity index is 0.000000130. The van der Waals surface area contributed by atoms with Crippen molar-refractivity contribution in [2.75, 3.05) is 0 Å². The molecule has 462 valence electrons. The number of para-hydroxylation sites is 6. The van der Waals surface area contributed by atoms with Gasteiger partial charge in [0, 0.05) is 85.3 Å². The first-order valence-corrected chi connectivity index (χ1v) is 32.5. The Morgan fingerprint density at radius 3 is 1.03 bits per heavy atom. The van der Waals surface area contributed by atoms with Crippen LogP contribution in [0.3, 0.4) is 0 Å². The van der Waals surface area contributed by atoms with Gasteiger partial charge in [0.05, 0.1) is 87.8 Å². The van der Waals surface area contributed by atoms with E-state index in [1.54, 1.807) is 12.4 Å². The number of nitrogens with zero attached hydrogens (tertiary/aromatic N) is 10. The smallest absolute Gasteiger partial charge is 0.384 e. The van der Waals surface area contributed by atoms with Crippen LogP contribution in [0, 0.1) is 0 Å². The van der Waals surface area contributed by atoms with E-state index in [0.717, 1.165) is 145 Å². The Labute approximate surface area is 563 Å². The maximum atomic E-state index is 6.28. The van der Waals surface area contributed by atoms with Gasteiger partial charge in [-0.15, -0.1) is 0 Å². The molecule has 12 nitrogen and oxygen atoms in total. The van der Waals surface area contributed by atoms with Crippen molar-refractivity contribution in [1.29, 1.82) is 0 Å². The van der Waals surface area contributed by atoms with Crippen LogP contribution in [0.2, 0.25) is 10.0 Å². The van der Waals surface area contributed by atoms with Crippen LogP contribution in [0.5, 0.6) is 0 Å². The SMILES string of the molecule is CC1(C)OB(n2c(-c3ccccc3)nc3ccccc32)OC1(C)C.Clc1ccc(-c2ccc(Cl)c3cccnc23)c2ncccc12.c1ccc(-c2nc3ccccc3n2-c2ccc(-c3ccc(-n4c(-c5ccccc5)nc5ccccc54)c4cccnc34)c3ncccc23)cc1. The molecule has 1 fully saturated rings. The highest BCUT2D eigenvalue weighted by molar-refractivity contribution is 6.46. The highest BCUT2D eigenvalue weighted by Crippen LogP contribution is 2.43. The number of pyridine rings is 4. The van der Waals surface area contributed by atoms with Gasteiger partial charge in [-0.2, -0.15) is 0 Å². The van der Waals surface area contributed by atoms with Crippen LogP contribution in [-0.4, -0.2) is 67.0 Å². The van der Waals surface area contributed by atoms with Gasteiger partial charge in [0.1, 0.15) is 17.5 Å². The normalized spacial score (nSPS) is 13.4. The topological polar surface area (TPSA) is 123 Å². The number of rotatable bonds is 8. The minimum Gasteiger partial charge on any atom is -0.384 e. The molecule has 18 rings (SSSR count). The highest BCUT2D eigenvalue weighted by atomic mass is 35.5. The number of halogens is 2. The van der Waals surface area contributed by atoms with Gasteiger partial charge in [-0.1, -0.05) is 163 Å². The molecule has 0 N–H and O–H groups in total. The molecule has 96 heavy (non-hydrogen) atoms. The second-order valence-electron chi connectivity index (χ2n) is 24.5. The van der Waals surface area contributed by atoms with E-state index in [9.17, 15) is 0 Å². The Bertz CT molecular complexity index is 5500. The Kier molecular flexibility index (Phi) is 15.3. The molecule has 0 bridgehead atoms. The molecule has 1 aliphatic rings. The van der Waals surface area contributed by atoms with Crippen molar-refractivity contribution in [3.63, 3.8) is 0 Å². The quantitative estimate of drug-likeness (QED) is 0.137. The van der Waals surface area contributed by atoms with Crippen LogP contribution < -0.4 is 0 Å². The van der Waals surface area contributed by atoms with Crippen LogP contribution in [0.25, 0.3) is 145 Å². The molecule has 0 spiro atoms. The zero-order valence-electron chi connectivity index (χ0n) is 52.8. The predicted molar refractivity (Wildman–Crippen MR) is 392 cm³/mol. The second kappa shape index (κ2) is 24.6. The molecule has 0 saturated carbocycles. The first kappa shape index (κ1) is 59.8. The molecule has 10 aromatic carbocycles. The molecule has 1 saturated heterocycles. The summed E-state index contributed by atoms with van der Waals surface area (Å²) in [6.07, 6.45) is 7.28. The summed E-state index contributed by atoms with van der Waals surface area (Å²) in [6.45, 7) is 8.26. The average Bonchev–Trinajstić information content (AvgIpc) is 1.46. The van der Waals surface area contributed by atoms with Gasteiger partial charge >= 0.3 is 7.25 Å². The van der Waals surface area contributed by atoms with E-state index >= 15 is 0 Å². The summed E-state index contributed by atoms with van der Waals surface area (Å²) in [6, 6.07) is 88.1. The first-order valence-electron chi connectivity index (χ1n) is 31.8. The summed E-state index contributed by atoms with van der Waals surface area (Å²) >= 11 is 12.6. The standard InChI is InChI=1S/C44H28N6.C19H21BN2O2.C18H10Cl2N2/c1-3-13-29(14-4-1)43-47-35-19-7-9-21-39(35)49(43)37-25-23-31(41-33(37)17-11-27-45-41)32-24-26-38(34-18-12-28-46-42(32)34)50-40-22-10-8-20-36(40)48-44(50)30-15-5-2-6-16-30;1-18(2)19(3,4)24-20(23-18)22-16-13-9-8-12-15(16)21-17(22)14-10-6-5-7-11-14;19-15-7-5-11(17-13(15)3-1-9-21-17)12-6-8-16(20)14-4-2-10-22-18(12)14/h1-28H;5-13H,1-4H3;1-10H. The fourth-order valence-corrected chi connectivity index (χ4v) is 13.3. The maximum Gasteiger partial charge on any atom is 0.600 e. The number of fused-ring (bicyclic) bond motifs is 7. The largest absolute Gasteiger partial charge is 0.600 e. The Morgan fingerprint density at radius 1 is 0.312 bits per heavy atom. The number of hydrogen-bond donors (Lipinski definition) is 0. The molecular formula is C81H59BCl2N10O2. The highest BCUT2D eigenvalue weighted by Gasteiger charge is 2.53. The van der Waals surface area contributed by atoms with Crippen LogP contribution >= 0.6 is 23.2 Å². The molecule has 1 aliphatic heterocycles. The fraction of sp³-hybridized carbons (Fsp3) is 0.0741. The Morgan fingerprint density at radius 2 is 0.625 bits per heavy atom. The van der Waals surface area contributed by atoms with Crippen molar-refractivity contribution in [3.8, 4) is 67.8 Å². The van der Waals surface area contributed by atoms with Crippen molar-refractivity contribution in [1.82, 2.24) is 48.5 Å². The third-order valence-corrected chi connectivity index (χ3v) is 18.9. The van der Waals surface area contributed by atoms with Crippen molar-refractivity contribution in [2.45, 2.75) is 38.9 Å². The van der Waals surface area contributed by atoms with E-state index in [-0.39, 0.29) is 0 Å². The lowest BCUT2D eigenvalue weighted by molar-refractivity contribution is 0.00578. The summed E-state index contributed by atoms with van der Waals surface area (Å²) < 4.78 is 19.1. The molecule has 7 aromatic heterocycles. The number of hydrogen-bond acceptors (Lipinski definition) is 9. The summed E-state index contributed by atoms with van der Waals surface area (Å²) in [4.78, 5) is 34.0. The predicted octanol–water partition coefficient (Wildman–Crippen LogP) is 20.4. The molecular weight excluding hydrogens is 1230 g/mol.